The molecule has 1 aliphatic heterocycles. The van der Waals surface area contributed by atoms with Crippen molar-refractivity contribution in [1.29, 1.82) is 0 Å². The fraction of sp³-hybridized carbons (Fsp3) is 0.240. The van der Waals surface area contributed by atoms with Gasteiger partial charge in [0.2, 0.25) is 0 Å². The van der Waals surface area contributed by atoms with E-state index in [-0.39, 0.29) is 5.41 Å². The van der Waals surface area contributed by atoms with E-state index < -0.39 is 11.0 Å². The summed E-state index contributed by atoms with van der Waals surface area (Å²) in [6.45, 7) is 6.87. The van der Waals surface area contributed by atoms with Crippen molar-refractivity contribution >= 4 is 5.57 Å². The summed E-state index contributed by atoms with van der Waals surface area (Å²) in [7, 11) is 0. The van der Waals surface area contributed by atoms with E-state index in [1.165, 1.54) is 23.1 Å². The maximum absolute atomic E-state index is 6.95. The second kappa shape index (κ2) is 13.1. The van der Waals surface area contributed by atoms with Gasteiger partial charge in [0.15, 0.2) is 5.82 Å². The van der Waals surface area contributed by atoms with Gasteiger partial charge in [-0.3, -0.25) is 0 Å². The Morgan fingerprint density at radius 3 is 2.34 bits per heavy atom. The molecule has 2 heterocycles. The largest absolute Gasteiger partial charge is 0.482 e. The summed E-state index contributed by atoms with van der Waals surface area (Å²) in [4.78, 5) is 11.0. The number of hydrogen-bond donors (Lipinski definition) is 0. The highest BCUT2D eigenvalue weighted by Gasteiger charge is 2.54. The Morgan fingerprint density at radius 2 is 1.53 bits per heavy atom. The molecule has 262 valence electrons. The predicted molar refractivity (Wildman–Crippen MR) is 218 cm³/mol. The van der Waals surface area contributed by atoms with Crippen molar-refractivity contribution in [3.8, 4) is 28.4 Å². The number of fused-ring (bicyclic) bond motifs is 2. The Hall–Kier alpha value is -5.54. The van der Waals surface area contributed by atoms with Crippen LogP contribution in [0.15, 0.2) is 163 Å². The molecular weight excluding hydrogens is 645 g/mol. The zero-order valence-corrected chi connectivity index (χ0v) is 30.9. The first-order valence-electron chi connectivity index (χ1n) is 19.3. The smallest absolute Gasteiger partial charge is 0.160 e. The van der Waals surface area contributed by atoms with Crippen molar-refractivity contribution in [2.45, 2.75) is 69.3 Å². The maximum Gasteiger partial charge on any atom is 0.160 e. The van der Waals surface area contributed by atoms with Gasteiger partial charge in [0.25, 0.3) is 0 Å². The molecule has 53 heavy (non-hydrogen) atoms. The Morgan fingerprint density at radius 1 is 0.755 bits per heavy atom. The molecule has 3 aliphatic carbocycles. The van der Waals surface area contributed by atoms with E-state index in [9.17, 15) is 0 Å². The highest BCUT2D eigenvalue weighted by Crippen LogP contribution is 2.59. The molecule has 3 heteroatoms. The topological polar surface area (TPSA) is 35.0 Å². The number of allylic oxidation sites excluding steroid dienone is 8. The van der Waals surface area contributed by atoms with E-state index in [0.717, 1.165) is 76.5 Å². The van der Waals surface area contributed by atoms with Crippen LogP contribution in [0.1, 0.15) is 80.8 Å². The molecule has 0 radical (unpaired) electrons. The molecular formula is C50H46N2O. The van der Waals surface area contributed by atoms with Crippen LogP contribution in [0.3, 0.4) is 0 Å². The number of hydrogen-bond acceptors (Lipinski definition) is 3. The fourth-order valence-electron chi connectivity index (χ4n) is 9.13. The molecule has 0 fully saturated rings. The minimum atomic E-state index is -0.660. The minimum absolute atomic E-state index is 0.0116. The molecule has 0 N–H and O–H groups in total. The zero-order valence-electron chi connectivity index (χ0n) is 30.9. The summed E-state index contributed by atoms with van der Waals surface area (Å²) in [5, 5.41) is 0. The highest BCUT2D eigenvalue weighted by molar-refractivity contribution is 5.80. The quantitative estimate of drug-likeness (QED) is 0.166. The monoisotopic (exact) mass is 690 g/mol. The summed E-state index contributed by atoms with van der Waals surface area (Å²) < 4.78 is 6.95. The first kappa shape index (κ1) is 33.3. The molecule has 5 aromatic rings. The van der Waals surface area contributed by atoms with Gasteiger partial charge >= 0.3 is 0 Å². The van der Waals surface area contributed by atoms with E-state index >= 15 is 0 Å². The molecule has 0 bridgehead atoms. The van der Waals surface area contributed by atoms with Crippen LogP contribution in [-0.4, -0.2) is 15.6 Å². The number of nitrogens with zero attached hydrogens (tertiary/aromatic N) is 2. The molecule has 0 saturated carbocycles. The molecule has 4 atom stereocenters. The van der Waals surface area contributed by atoms with Crippen LogP contribution in [0.2, 0.25) is 0 Å². The fourth-order valence-corrected chi connectivity index (χ4v) is 9.13. The molecule has 4 aromatic carbocycles. The summed E-state index contributed by atoms with van der Waals surface area (Å²) in [5.41, 5.74) is 9.98. The van der Waals surface area contributed by atoms with Crippen LogP contribution in [0.25, 0.3) is 28.2 Å². The number of ether oxygens (including phenoxy) is 1. The van der Waals surface area contributed by atoms with Crippen molar-refractivity contribution in [3.63, 3.8) is 0 Å². The van der Waals surface area contributed by atoms with Crippen LogP contribution >= 0.6 is 0 Å². The van der Waals surface area contributed by atoms with E-state index in [0.29, 0.717) is 5.92 Å². The molecule has 4 unspecified atom stereocenters. The van der Waals surface area contributed by atoms with Crippen LogP contribution < -0.4 is 4.74 Å². The Kier molecular flexibility index (Phi) is 8.26. The minimum Gasteiger partial charge on any atom is -0.482 e. The van der Waals surface area contributed by atoms with Gasteiger partial charge in [-0.25, -0.2) is 9.97 Å². The van der Waals surface area contributed by atoms with E-state index in [1.807, 2.05) is 0 Å². The second-order valence-corrected chi connectivity index (χ2v) is 15.7. The van der Waals surface area contributed by atoms with Gasteiger partial charge in [0.1, 0.15) is 11.4 Å². The number of benzene rings is 4. The SMILES string of the molecule is CC1C=CC(c2cc(-c3cccc(C4(C)C=CCCC4)c3)nc(-c3ccccc3C3(c4ccccc4)C4=CC=CCC4(C)Oc4ccccc43)n2)=CC1. The Balaban J connectivity index is 1.31. The first-order valence-corrected chi connectivity index (χ1v) is 19.3. The molecule has 3 nitrogen and oxygen atoms in total. The van der Waals surface area contributed by atoms with Gasteiger partial charge < -0.3 is 4.74 Å². The standard InChI is InChI=1S/C50H46N2O/c1-35-26-28-36(29-27-35)43-34-44(37-17-16-20-39(33-37)48(2)30-13-5-14-31-48)52-47(51-43)40-21-8-9-22-41(40)50(38-18-6-4-7-19-38)42-23-10-11-24-45(42)53-49(3)32-15-12-25-46(49)50/h4,6-13,15-26,28-30,33-35H,5,14,27,31-32H2,1-3H3. The van der Waals surface area contributed by atoms with E-state index in [4.69, 9.17) is 14.7 Å². The lowest BCUT2D eigenvalue weighted by Gasteiger charge is -2.51. The van der Waals surface area contributed by atoms with Gasteiger partial charge in [0, 0.05) is 28.5 Å². The van der Waals surface area contributed by atoms with Gasteiger partial charge in [-0.15, -0.1) is 0 Å². The van der Waals surface area contributed by atoms with Crippen molar-refractivity contribution in [2.75, 3.05) is 0 Å². The van der Waals surface area contributed by atoms with Crippen LogP contribution in [-0.2, 0) is 10.8 Å². The number of rotatable bonds is 6. The lowest BCUT2D eigenvalue weighted by Crippen LogP contribution is -2.51. The Labute approximate surface area is 314 Å². The third-order valence-electron chi connectivity index (χ3n) is 12.0. The third-order valence-corrected chi connectivity index (χ3v) is 12.0. The van der Waals surface area contributed by atoms with E-state index in [2.05, 4.69) is 179 Å². The summed E-state index contributed by atoms with van der Waals surface area (Å²) >= 11 is 0. The summed E-state index contributed by atoms with van der Waals surface area (Å²) in [6, 6.07) is 39.6. The number of para-hydroxylation sites is 1. The van der Waals surface area contributed by atoms with E-state index in [1.54, 1.807) is 0 Å². The van der Waals surface area contributed by atoms with Crippen LogP contribution in [0.5, 0.6) is 5.75 Å². The molecule has 4 aliphatic rings. The first-order chi connectivity index (χ1) is 25.9. The van der Waals surface area contributed by atoms with Gasteiger partial charge in [-0.2, -0.15) is 0 Å². The summed E-state index contributed by atoms with van der Waals surface area (Å²) in [6.07, 6.45) is 23.6. The lowest BCUT2D eigenvalue weighted by atomic mass is 9.57. The average Bonchev–Trinajstić information content (AvgIpc) is 3.20. The van der Waals surface area contributed by atoms with Crippen molar-refractivity contribution in [3.05, 3.63) is 191 Å². The Bertz CT molecular complexity index is 2360. The van der Waals surface area contributed by atoms with Gasteiger partial charge in [-0.1, -0.05) is 153 Å². The average molecular weight is 691 g/mol. The van der Waals surface area contributed by atoms with Crippen LogP contribution in [0.4, 0.5) is 0 Å². The second-order valence-electron chi connectivity index (χ2n) is 15.7. The number of aromatic nitrogens is 2. The van der Waals surface area contributed by atoms with Crippen molar-refractivity contribution < 1.29 is 4.74 Å². The van der Waals surface area contributed by atoms with Gasteiger partial charge in [-0.05, 0) is 84.6 Å². The molecule has 1 aromatic heterocycles. The molecule has 0 amide bonds. The van der Waals surface area contributed by atoms with Crippen molar-refractivity contribution in [1.82, 2.24) is 9.97 Å². The normalized spacial score (nSPS) is 25.8. The maximum atomic E-state index is 6.95. The molecule has 0 saturated heterocycles. The summed E-state index contributed by atoms with van der Waals surface area (Å²) in [5.74, 6) is 2.14. The third kappa shape index (κ3) is 5.65. The zero-order chi connectivity index (χ0) is 36.0. The highest BCUT2D eigenvalue weighted by atomic mass is 16.5. The van der Waals surface area contributed by atoms with Crippen molar-refractivity contribution in [2.24, 2.45) is 5.92 Å². The lowest BCUT2D eigenvalue weighted by molar-refractivity contribution is 0.102. The molecule has 0 spiro atoms. The molecule has 9 rings (SSSR count). The van der Waals surface area contributed by atoms with Crippen LogP contribution in [0, 0.1) is 5.92 Å². The predicted octanol–water partition coefficient (Wildman–Crippen LogP) is 12.2. The van der Waals surface area contributed by atoms with Gasteiger partial charge in [0.05, 0.1) is 16.8 Å².